The summed E-state index contributed by atoms with van der Waals surface area (Å²) < 4.78 is 0. The van der Waals surface area contributed by atoms with Crippen LogP contribution < -0.4 is 16.0 Å². The number of likely N-dealkylation sites (tertiary alicyclic amines) is 1. The highest BCUT2D eigenvalue weighted by atomic mass is 16.1. The normalized spacial score (nSPS) is 15.2. The number of Topliss-reactive ketones (excluding diaryl/α,β-unsaturated/α-hetero) is 1. The van der Waals surface area contributed by atoms with E-state index in [4.69, 9.17) is 0 Å². The first-order valence-corrected chi connectivity index (χ1v) is 12.1. The molecule has 0 spiro atoms. The Morgan fingerprint density at radius 3 is 2.32 bits per heavy atom. The van der Waals surface area contributed by atoms with Gasteiger partial charge in [0.2, 0.25) is 0 Å². The van der Waals surface area contributed by atoms with Crippen LogP contribution in [-0.4, -0.2) is 42.8 Å². The zero-order chi connectivity index (χ0) is 23.3. The Bertz CT molecular complexity index is 1170. The molecule has 1 aliphatic heterocycles. The number of rotatable bonds is 8. The number of ketones is 1. The van der Waals surface area contributed by atoms with Gasteiger partial charge in [-0.15, -0.1) is 0 Å². The molecule has 6 heteroatoms. The van der Waals surface area contributed by atoms with Gasteiger partial charge in [0.1, 0.15) is 0 Å². The van der Waals surface area contributed by atoms with Gasteiger partial charge in [-0.2, -0.15) is 0 Å². The molecule has 3 aromatic rings. The van der Waals surface area contributed by atoms with Crippen LogP contribution in [0.4, 0.5) is 22.7 Å². The van der Waals surface area contributed by atoms with Crippen LogP contribution in [0, 0.1) is 0 Å². The minimum absolute atomic E-state index is 0.0690. The number of fused-ring (bicyclic) bond motifs is 1. The molecular weight excluding hydrogens is 424 g/mol. The summed E-state index contributed by atoms with van der Waals surface area (Å²) in [6.07, 6.45) is 3.73. The van der Waals surface area contributed by atoms with Crippen LogP contribution in [0.15, 0.2) is 66.7 Å². The van der Waals surface area contributed by atoms with E-state index in [0.29, 0.717) is 29.7 Å². The lowest BCUT2D eigenvalue weighted by Crippen LogP contribution is -2.25. The first-order valence-electron chi connectivity index (χ1n) is 12.1. The van der Waals surface area contributed by atoms with Crippen molar-refractivity contribution in [1.29, 1.82) is 0 Å². The molecule has 0 saturated carbocycles. The molecule has 6 nitrogen and oxygen atoms in total. The van der Waals surface area contributed by atoms with Crippen molar-refractivity contribution >= 4 is 34.4 Å². The molecular formula is C28H30N4O2. The van der Waals surface area contributed by atoms with Crippen LogP contribution in [0.3, 0.4) is 0 Å². The molecule has 3 aromatic carbocycles. The van der Waals surface area contributed by atoms with E-state index in [1.54, 1.807) is 0 Å². The van der Waals surface area contributed by atoms with Gasteiger partial charge in [0.05, 0.1) is 5.69 Å². The lowest BCUT2D eigenvalue weighted by atomic mass is 10.0. The van der Waals surface area contributed by atoms with Crippen molar-refractivity contribution in [2.45, 2.75) is 25.7 Å². The number of carbonyl (C=O) groups excluding carboxylic acids is 2. The van der Waals surface area contributed by atoms with Crippen LogP contribution >= 0.6 is 0 Å². The van der Waals surface area contributed by atoms with Gasteiger partial charge in [0.25, 0.3) is 5.91 Å². The topological polar surface area (TPSA) is 73.5 Å². The molecule has 5 rings (SSSR count). The summed E-state index contributed by atoms with van der Waals surface area (Å²) >= 11 is 0. The second-order valence-corrected chi connectivity index (χ2v) is 8.94. The number of hydrogen-bond acceptors (Lipinski definition) is 5. The molecule has 1 heterocycles. The second kappa shape index (κ2) is 10.1. The SMILES string of the molecule is O=C(Nc1ccc(Nc2ccccc2)c2c1C(=O)CC2)c1ccc(NCCN2CCCC2)cc1. The van der Waals surface area contributed by atoms with Crippen molar-refractivity contribution in [2.75, 3.05) is 42.1 Å². The summed E-state index contributed by atoms with van der Waals surface area (Å²) in [4.78, 5) is 28.1. The van der Waals surface area contributed by atoms with Crippen molar-refractivity contribution in [1.82, 2.24) is 4.90 Å². The Balaban J connectivity index is 1.25. The molecule has 34 heavy (non-hydrogen) atoms. The number of benzene rings is 3. The molecule has 0 unspecified atom stereocenters. The molecule has 0 radical (unpaired) electrons. The second-order valence-electron chi connectivity index (χ2n) is 8.94. The van der Waals surface area contributed by atoms with Gasteiger partial charge in [0.15, 0.2) is 5.78 Å². The van der Waals surface area contributed by atoms with Crippen molar-refractivity contribution < 1.29 is 9.59 Å². The molecule has 2 aliphatic rings. The summed E-state index contributed by atoms with van der Waals surface area (Å²) in [6, 6.07) is 21.1. The third-order valence-electron chi connectivity index (χ3n) is 6.60. The van der Waals surface area contributed by atoms with E-state index in [9.17, 15) is 9.59 Å². The largest absolute Gasteiger partial charge is 0.384 e. The third-order valence-corrected chi connectivity index (χ3v) is 6.60. The van der Waals surface area contributed by atoms with Crippen LogP contribution in [0.5, 0.6) is 0 Å². The molecule has 0 atom stereocenters. The molecule has 1 fully saturated rings. The van der Waals surface area contributed by atoms with Gasteiger partial charge in [-0.1, -0.05) is 18.2 Å². The smallest absolute Gasteiger partial charge is 0.255 e. The number of nitrogens with zero attached hydrogens (tertiary/aromatic N) is 1. The van der Waals surface area contributed by atoms with Crippen LogP contribution in [-0.2, 0) is 6.42 Å². The summed E-state index contributed by atoms with van der Waals surface area (Å²) in [5.74, 6) is -0.145. The third kappa shape index (κ3) is 4.97. The van der Waals surface area contributed by atoms with E-state index in [1.165, 1.54) is 25.9 Å². The van der Waals surface area contributed by atoms with E-state index < -0.39 is 0 Å². The quantitative estimate of drug-likeness (QED) is 0.430. The maximum absolute atomic E-state index is 12.9. The fourth-order valence-electron chi connectivity index (χ4n) is 4.79. The van der Waals surface area contributed by atoms with Crippen LogP contribution in [0.1, 0.15) is 45.5 Å². The van der Waals surface area contributed by atoms with Gasteiger partial charge < -0.3 is 20.9 Å². The van der Waals surface area contributed by atoms with E-state index in [2.05, 4.69) is 20.9 Å². The van der Waals surface area contributed by atoms with Gasteiger partial charge in [-0.25, -0.2) is 0 Å². The fourth-order valence-corrected chi connectivity index (χ4v) is 4.79. The maximum Gasteiger partial charge on any atom is 0.255 e. The maximum atomic E-state index is 12.9. The van der Waals surface area contributed by atoms with Crippen molar-refractivity contribution in [3.63, 3.8) is 0 Å². The highest BCUT2D eigenvalue weighted by Crippen LogP contribution is 2.36. The van der Waals surface area contributed by atoms with E-state index >= 15 is 0 Å². The van der Waals surface area contributed by atoms with Gasteiger partial charge >= 0.3 is 0 Å². The fraction of sp³-hybridized carbons (Fsp3) is 0.286. The zero-order valence-electron chi connectivity index (χ0n) is 19.3. The molecule has 0 aromatic heterocycles. The highest BCUT2D eigenvalue weighted by Gasteiger charge is 2.27. The highest BCUT2D eigenvalue weighted by molar-refractivity contribution is 6.12. The lowest BCUT2D eigenvalue weighted by Gasteiger charge is -2.16. The number of hydrogen-bond donors (Lipinski definition) is 3. The Morgan fingerprint density at radius 1 is 0.824 bits per heavy atom. The average molecular weight is 455 g/mol. The number of carbonyl (C=O) groups is 2. The Hall–Kier alpha value is -3.64. The number of para-hydroxylation sites is 1. The van der Waals surface area contributed by atoms with E-state index in [1.807, 2.05) is 66.7 Å². The first kappa shape index (κ1) is 22.2. The monoisotopic (exact) mass is 454 g/mol. The van der Waals surface area contributed by atoms with Crippen molar-refractivity contribution in [3.8, 4) is 0 Å². The minimum atomic E-state index is -0.214. The number of amides is 1. The molecule has 3 N–H and O–H groups in total. The molecule has 1 amide bonds. The van der Waals surface area contributed by atoms with Crippen molar-refractivity contribution in [2.24, 2.45) is 0 Å². The molecule has 0 bridgehead atoms. The number of anilines is 4. The predicted octanol–water partition coefficient (Wildman–Crippen LogP) is 5.32. The van der Waals surface area contributed by atoms with Crippen LogP contribution in [0.25, 0.3) is 0 Å². The van der Waals surface area contributed by atoms with Gasteiger partial charge in [0, 0.05) is 47.7 Å². The van der Waals surface area contributed by atoms with Gasteiger partial charge in [-0.05, 0) is 86.4 Å². The Kier molecular flexibility index (Phi) is 6.58. The zero-order valence-corrected chi connectivity index (χ0v) is 19.3. The molecule has 174 valence electrons. The number of nitrogens with one attached hydrogen (secondary N) is 3. The lowest BCUT2D eigenvalue weighted by molar-refractivity contribution is 0.0995. The van der Waals surface area contributed by atoms with Crippen molar-refractivity contribution in [3.05, 3.63) is 83.4 Å². The van der Waals surface area contributed by atoms with E-state index in [-0.39, 0.29) is 11.7 Å². The Morgan fingerprint density at radius 2 is 1.56 bits per heavy atom. The molecule has 1 aliphatic carbocycles. The van der Waals surface area contributed by atoms with Gasteiger partial charge in [-0.3, -0.25) is 9.59 Å². The summed E-state index contributed by atoms with van der Waals surface area (Å²) in [5, 5.41) is 9.80. The first-order chi connectivity index (χ1) is 16.7. The summed E-state index contributed by atoms with van der Waals surface area (Å²) in [6.45, 7) is 4.31. The summed E-state index contributed by atoms with van der Waals surface area (Å²) in [7, 11) is 0. The van der Waals surface area contributed by atoms with Crippen LogP contribution in [0.2, 0.25) is 0 Å². The minimum Gasteiger partial charge on any atom is -0.384 e. The predicted molar refractivity (Wildman–Crippen MR) is 137 cm³/mol. The summed E-state index contributed by atoms with van der Waals surface area (Å²) in [5.41, 5.74) is 5.61. The Labute approximate surface area is 200 Å². The molecule has 1 saturated heterocycles. The average Bonchev–Trinajstić information content (AvgIpc) is 3.52. The van der Waals surface area contributed by atoms with E-state index in [0.717, 1.165) is 35.7 Å². The standard InChI is InChI=1S/C28H30N4O2/c33-26-15-12-23-24(30-22-6-2-1-3-7-22)13-14-25(27(23)26)31-28(34)20-8-10-21(11-9-20)29-16-19-32-17-4-5-18-32/h1-3,6-11,13-14,29-30H,4-5,12,15-19H2,(H,31,34).